The summed E-state index contributed by atoms with van der Waals surface area (Å²) in [6, 6.07) is 1.98. The van der Waals surface area contributed by atoms with Gasteiger partial charge in [-0.15, -0.1) is 0 Å². The zero-order valence-electron chi connectivity index (χ0n) is 14.7. The van der Waals surface area contributed by atoms with E-state index in [9.17, 15) is 14.4 Å². The molecule has 8 heteroatoms. The summed E-state index contributed by atoms with van der Waals surface area (Å²) in [6.07, 6.45) is 6.63. The van der Waals surface area contributed by atoms with Crippen molar-refractivity contribution in [2.24, 2.45) is 0 Å². The van der Waals surface area contributed by atoms with Gasteiger partial charge in [0.15, 0.2) is 5.60 Å². The third kappa shape index (κ3) is 3.67. The molecule has 0 unspecified atom stereocenters. The summed E-state index contributed by atoms with van der Waals surface area (Å²) in [7, 11) is 0. The lowest BCUT2D eigenvalue weighted by atomic mass is 9.99. The number of imide groups is 1. The number of rotatable bonds is 5. The van der Waals surface area contributed by atoms with E-state index in [0.717, 1.165) is 37.1 Å². The number of ether oxygens (including phenoxy) is 1. The molecule has 0 radical (unpaired) electrons. The molecule has 0 N–H and O–H groups in total. The molecule has 2 saturated heterocycles. The average Bonchev–Trinajstić information content (AvgIpc) is 3.15. The van der Waals surface area contributed by atoms with Gasteiger partial charge < -0.3 is 9.64 Å². The van der Waals surface area contributed by atoms with Crippen LogP contribution in [0.2, 0.25) is 0 Å². The number of piperidine rings is 1. The van der Waals surface area contributed by atoms with Crippen LogP contribution in [-0.4, -0.2) is 62.2 Å². The highest BCUT2D eigenvalue weighted by Crippen LogP contribution is 2.25. The number of carbonyl (C=O) groups excluding carboxylic acids is 3. The Balaban J connectivity index is 1.62. The van der Waals surface area contributed by atoms with Gasteiger partial charge in [-0.2, -0.15) is 5.10 Å². The van der Waals surface area contributed by atoms with E-state index in [-0.39, 0.29) is 18.5 Å². The number of carbonyl (C=O) groups is 3. The van der Waals surface area contributed by atoms with Gasteiger partial charge in [-0.25, -0.2) is 9.69 Å². The van der Waals surface area contributed by atoms with Crippen LogP contribution < -0.4 is 0 Å². The van der Waals surface area contributed by atoms with Gasteiger partial charge in [0.2, 0.25) is 5.91 Å². The normalized spacial score (nSPS) is 23.0. The molecule has 136 valence electrons. The molecule has 0 aliphatic carbocycles. The van der Waals surface area contributed by atoms with E-state index in [1.807, 2.05) is 16.9 Å². The second-order valence-corrected chi connectivity index (χ2v) is 7.06. The van der Waals surface area contributed by atoms with Crippen LogP contribution >= 0.6 is 0 Å². The number of aryl methyl sites for hydroxylation is 1. The second kappa shape index (κ2) is 6.85. The number of hydrogen-bond acceptors (Lipinski definition) is 5. The molecule has 2 fully saturated rings. The lowest BCUT2D eigenvalue weighted by Crippen LogP contribution is -2.50. The first-order valence-electron chi connectivity index (χ1n) is 8.70. The molecule has 3 amide bonds. The summed E-state index contributed by atoms with van der Waals surface area (Å²) >= 11 is 0. The molecule has 3 rings (SSSR count). The van der Waals surface area contributed by atoms with Gasteiger partial charge in [0, 0.05) is 31.5 Å². The molecule has 2 aliphatic rings. The Morgan fingerprint density at radius 2 is 2.16 bits per heavy atom. The topological polar surface area (TPSA) is 84.7 Å². The van der Waals surface area contributed by atoms with Gasteiger partial charge in [-0.05, 0) is 45.6 Å². The van der Waals surface area contributed by atoms with Crippen molar-refractivity contribution in [3.63, 3.8) is 0 Å². The first kappa shape index (κ1) is 17.4. The molecule has 0 saturated carbocycles. The number of nitrogens with zero attached hydrogens (tertiary/aromatic N) is 4. The fraction of sp³-hybridized carbons (Fsp3) is 0.647. The van der Waals surface area contributed by atoms with E-state index >= 15 is 0 Å². The minimum absolute atomic E-state index is 0.104. The summed E-state index contributed by atoms with van der Waals surface area (Å²) in [4.78, 5) is 39.6. The first-order chi connectivity index (χ1) is 11.9. The monoisotopic (exact) mass is 348 g/mol. The van der Waals surface area contributed by atoms with Crippen LogP contribution in [0.3, 0.4) is 0 Å². The predicted octanol–water partition coefficient (Wildman–Crippen LogP) is 1.41. The lowest BCUT2D eigenvalue weighted by molar-refractivity contribution is -0.142. The number of likely N-dealkylation sites (tertiary alicyclic amines) is 1. The smallest absolute Gasteiger partial charge is 0.418 e. The predicted molar refractivity (Wildman–Crippen MR) is 88.5 cm³/mol. The second-order valence-electron chi connectivity index (χ2n) is 7.06. The molecule has 1 aromatic rings. The van der Waals surface area contributed by atoms with Crippen molar-refractivity contribution in [2.75, 3.05) is 13.1 Å². The standard InChI is InChI=1S/C17H24N4O4/c1-17(2)15(23)21(16(24)25-17)12-14(22)20-10-4-3-6-13(20)7-11-19-9-5-8-18-19/h5,8-9,13H,3-4,6-7,10-12H2,1-2H3/t13-/m0/s1. The fourth-order valence-electron chi connectivity index (χ4n) is 3.43. The van der Waals surface area contributed by atoms with Gasteiger partial charge in [-0.3, -0.25) is 14.3 Å². The zero-order chi connectivity index (χ0) is 18.0. The Bertz CT molecular complexity index is 656. The summed E-state index contributed by atoms with van der Waals surface area (Å²) in [5.41, 5.74) is -1.20. The van der Waals surface area contributed by atoms with E-state index < -0.39 is 17.6 Å². The number of cyclic esters (lactones) is 1. The van der Waals surface area contributed by atoms with Crippen LogP contribution in [0.4, 0.5) is 4.79 Å². The summed E-state index contributed by atoms with van der Waals surface area (Å²) in [5, 5.41) is 4.19. The molecule has 0 aromatic carbocycles. The van der Waals surface area contributed by atoms with Crippen molar-refractivity contribution in [3.05, 3.63) is 18.5 Å². The van der Waals surface area contributed by atoms with E-state index in [2.05, 4.69) is 5.10 Å². The number of amides is 3. The van der Waals surface area contributed by atoms with E-state index in [1.165, 1.54) is 13.8 Å². The third-order valence-electron chi connectivity index (χ3n) is 4.81. The highest BCUT2D eigenvalue weighted by molar-refractivity contribution is 6.04. The fourth-order valence-corrected chi connectivity index (χ4v) is 3.43. The molecule has 1 aromatic heterocycles. The maximum atomic E-state index is 12.7. The van der Waals surface area contributed by atoms with Crippen molar-refractivity contribution >= 4 is 17.9 Å². The first-order valence-corrected chi connectivity index (χ1v) is 8.70. The molecule has 0 spiro atoms. The highest BCUT2D eigenvalue weighted by Gasteiger charge is 2.48. The summed E-state index contributed by atoms with van der Waals surface area (Å²) < 4.78 is 6.89. The van der Waals surface area contributed by atoms with E-state index in [0.29, 0.717) is 6.54 Å². The largest absolute Gasteiger partial charge is 0.433 e. The summed E-state index contributed by atoms with van der Waals surface area (Å²) in [6.45, 7) is 4.21. The third-order valence-corrected chi connectivity index (χ3v) is 4.81. The maximum Gasteiger partial charge on any atom is 0.418 e. The van der Waals surface area contributed by atoms with E-state index in [4.69, 9.17) is 4.74 Å². The van der Waals surface area contributed by atoms with Crippen LogP contribution in [0, 0.1) is 0 Å². The van der Waals surface area contributed by atoms with Gasteiger partial charge in [0.05, 0.1) is 0 Å². The SMILES string of the molecule is CC1(C)OC(=O)N(CC(=O)N2CCCC[C@H]2CCn2cccn2)C1=O. The van der Waals surface area contributed by atoms with Gasteiger partial charge in [0.1, 0.15) is 6.54 Å². The van der Waals surface area contributed by atoms with Crippen molar-refractivity contribution < 1.29 is 19.1 Å². The molecule has 25 heavy (non-hydrogen) atoms. The van der Waals surface area contributed by atoms with Crippen molar-refractivity contribution in [1.82, 2.24) is 19.6 Å². The lowest BCUT2D eigenvalue weighted by Gasteiger charge is -2.36. The molecule has 0 bridgehead atoms. The molecular weight excluding hydrogens is 324 g/mol. The Hall–Kier alpha value is -2.38. The van der Waals surface area contributed by atoms with Crippen molar-refractivity contribution in [3.8, 4) is 0 Å². The maximum absolute atomic E-state index is 12.7. The molecule has 1 atom stereocenters. The quantitative estimate of drug-likeness (QED) is 0.803. The number of aromatic nitrogens is 2. The van der Waals surface area contributed by atoms with Crippen LogP contribution in [0.5, 0.6) is 0 Å². The van der Waals surface area contributed by atoms with Gasteiger partial charge in [0.25, 0.3) is 5.91 Å². The average molecular weight is 348 g/mol. The van der Waals surface area contributed by atoms with Crippen LogP contribution in [0.15, 0.2) is 18.5 Å². The highest BCUT2D eigenvalue weighted by atomic mass is 16.6. The Labute approximate surface area is 146 Å². The number of hydrogen-bond donors (Lipinski definition) is 0. The van der Waals surface area contributed by atoms with Gasteiger partial charge >= 0.3 is 6.09 Å². The van der Waals surface area contributed by atoms with Crippen LogP contribution in [0.25, 0.3) is 0 Å². The molecule has 8 nitrogen and oxygen atoms in total. The van der Waals surface area contributed by atoms with E-state index in [1.54, 1.807) is 11.1 Å². The van der Waals surface area contributed by atoms with Crippen LogP contribution in [-0.2, 0) is 20.9 Å². The zero-order valence-corrected chi connectivity index (χ0v) is 14.7. The Morgan fingerprint density at radius 3 is 2.80 bits per heavy atom. The molecule has 2 aliphatic heterocycles. The van der Waals surface area contributed by atoms with Crippen molar-refractivity contribution in [1.29, 1.82) is 0 Å². The Kier molecular flexibility index (Phi) is 4.78. The Morgan fingerprint density at radius 1 is 1.36 bits per heavy atom. The van der Waals surface area contributed by atoms with Gasteiger partial charge in [-0.1, -0.05) is 0 Å². The minimum atomic E-state index is -1.20. The summed E-state index contributed by atoms with van der Waals surface area (Å²) in [5.74, 6) is -0.663. The molecular formula is C17H24N4O4. The van der Waals surface area contributed by atoms with Crippen LogP contribution in [0.1, 0.15) is 39.5 Å². The van der Waals surface area contributed by atoms with Crippen molar-refractivity contribution in [2.45, 2.75) is 57.7 Å². The minimum Gasteiger partial charge on any atom is -0.433 e. The molecule has 3 heterocycles.